The molecule has 0 unspecified atom stereocenters. The zero-order chi connectivity index (χ0) is 9.30. The van der Waals surface area contributed by atoms with Crippen molar-refractivity contribution in [2.75, 3.05) is 11.5 Å². The van der Waals surface area contributed by atoms with Gasteiger partial charge in [-0.05, 0) is 0 Å². The van der Waals surface area contributed by atoms with Gasteiger partial charge in [0.2, 0.25) is 5.95 Å². The summed E-state index contributed by atoms with van der Waals surface area (Å²) in [6.45, 7) is 0. The SMILES string of the molecule is Nc1nc(C(=O)O)c(N)c(=O)[nH]1. The number of nitrogens with one attached hydrogen (secondary N) is 1. The van der Waals surface area contributed by atoms with Crippen molar-refractivity contribution in [2.45, 2.75) is 0 Å². The van der Waals surface area contributed by atoms with Crippen LogP contribution in [0.5, 0.6) is 0 Å². The molecule has 6 N–H and O–H groups in total. The van der Waals surface area contributed by atoms with Crippen molar-refractivity contribution in [2.24, 2.45) is 0 Å². The van der Waals surface area contributed by atoms with Gasteiger partial charge >= 0.3 is 5.97 Å². The van der Waals surface area contributed by atoms with Gasteiger partial charge < -0.3 is 16.6 Å². The number of hydrogen-bond acceptors (Lipinski definition) is 5. The third-order valence-corrected chi connectivity index (χ3v) is 1.18. The van der Waals surface area contributed by atoms with Gasteiger partial charge in [-0.25, -0.2) is 9.78 Å². The Morgan fingerprint density at radius 2 is 2.08 bits per heavy atom. The monoisotopic (exact) mass is 170 g/mol. The van der Waals surface area contributed by atoms with Crippen LogP contribution in [0.25, 0.3) is 0 Å². The summed E-state index contributed by atoms with van der Waals surface area (Å²) < 4.78 is 0. The number of nitrogens with two attached hydrogens (primary N) is 2. The molecule has 1 aromatic heterocycles. The molecule has 7 heteroatoms. The van der Waals surface area contributed by atoms with Crippen LogP contribution in [0.4, 0.5) is 11.6 Å². The van der Waals surface area contributed by atoms with E-state index in [1.807, 2.05) is 0 Å². The highest BCUT2D eigenvalue weighted by Gasteiger charge is 2.13. The molecule has 0 radical (unpaired) electrons. The Balaban J connectivity index is 3.48. The Hall–Kier alpha value is -2.05. The van der Waals surface area contributed by atoms with Crippen molar-refractivity contribution < 1.29 is 9.90 Å². The number of hydrogen-bond donors (Lipinski definition) is 4. The van der Waals surface area contributed by atoms with Gasteiger partial charge in [-0.15, -0.1) is 0 Å². The van der Waals surface area contributed by atoms with Crippen molar-refractivity contribution >= 4 is 17.6 Å². The molecule has 12 heavy (non-hydrogen) atoms. The highest BCUT2D eigenvalue weighted by atomic mass is 16.4. The van der Waals surface area contributed by atoms with Crippen LogP contribution in [0.3, 0.4) is 0 Å². The second-order valence-electron chi connectivity index (χ2n) is 2.02. The first kappa shape index (κ1) is 8.05. The zero-order valence-corrected chi connectivity index (χ0v) is 5.87. The topological polar surface area (TPSA) is 135 Å². The summed E-state index contributed by atoms with van der Waals surface area (Å²) in [6, 6.07) is 0. The van der Waals surface area contributed by atoms with Crippen molar-refractivity contribution in [3.05, 3.63) is 16.0 Å². The molecule has 0 saturated heterocycles. The van der Waals surface area contributed by atoms with Gasteiger partial charge in [0.1, 0.15) is 5.69 Å². The molecule has 0 fully saturated rings. The second kappa shape index (κ2) is 2.53. The fourth-order valence-corrected chi connectivity index (χ4v) is 0.663. The lowest BCUT2D eigenvalue weighted by atomic mass is 10.3. The first-order valence-corrected chi connectivity index (χ1v) is 2.91. The van der Waals surface area contributed by atoms with Crippen molar-refractivity contribution in [1.29, 1.82) is 0 Å². The molecule has 1 aromatic rings. The summed E-state index contributed by atoms with van der Waals surface area (Å²) in [6.07, 6.45) is 0. The van der Waals surface area contributed by atoms with Crippen LogP contribution in [0.1, 0.15) is 10.5 Å². The van der Waals surface area contributed by atoms with E-state index in [0.29, 0.717) is 0 Å². The highest BCUT2D eigenvalue weighted by molar-refractivity contribution is 5.91. The Morgan fingerprint density at radius 1 is 1.50 bits per heavy atom. The lowest BCUT2D eigenvalue weighted by Gasteiger charge is -1.98. The summed E-state index contributed by atoms with van der Waals surface area (Å²) in [7, 11) is 0. The standard InChI is InChI=1S/C5H6N4O3/c6-1-2(4(11)12)8-5(7)9-3(1)10/h6H2,(H,11,12)(H3,7,8,9,10). The van der Waals surface area contributed by atoms with E-state index in [1.54, 1.807) is 0 Å². The lowest BCUT2D eigenvalue weighted by molar-refractivity contribution is 0.0691. The van der Waals surface area contributed by atoms with Crippen molar-refractivity contribution in [1.82, 2.24) is 9.97 Å². The fraction of sp³-hybridized carbons (Fsp3) is 0. The Labute approximate surface area is 66.0 Å². The van der Waals surface area contributed by atoms with Crippen LogP contribution in [0, 0.1) is 0 Å². The minimum absolute atomic E-state index is 0.272. The molecule has 0 aliphatic rings. The van der Waals surface area contributed by atoms with E-state index in [0.717, 1.165) is 0 Å². The largest absolute Gasteiger partial charge is 0.476 e. The molecule has 0 aliphatic carbocycles. The Kier molecular flexibility index (Phi) is 1.70. The average molecular weight is 170 g/mol. The number of aromatic carboxylic acids is 1. The number of carbonyl (C=O) groups is 1. The van der Waals surface area contributed by atoms with Gasteiger partial charge in [-0.3, -0.25) is 9.78 Å². The van der Waals surface area contributed by atoms with Crippen molar-refractivity contribution in [3.63, 3.8) is 0 Å². The Bertz CT molecular complexity index is 383. The second-order valence-corrected chi connectivity index (χ2v) is 2.02. The summed E-state index contributed by atoms with van der Waals surface area (Å²) >= 11 is 0. The highest BCUT2D eigenvalue weighted by Crippen LogP contribution is 2.02. The van der Waals surface area contributed by atoms with Gasteiger partial charge in [0, 0.05) is 0 Å². The number of rotatable bonds is 1. The predicted octanol–water partition coefficient (Wildman–Crippen LogP) is -1.37. The number of H-pyrrole nitrogens is 1. The first-order valence-electron chi connectivity index (χ1n) is 2.91. The molecule has 0 atom stereocenters. The van der Waals surface area contributed by atoms with Crippen LogP contribution >= 0.6 is 0 Å². The molecule has 1 rings (SSSR count). The maximum Gasteiger partial charge on any atom is 0.357 e. The average Bonchev–Trinajstić information content (AvgIpc) is 1.96. The third kappa shape index (κ3) is 1.19. The fourth-order valence-electron chi connectivity index (χ4n) is 0.663. The van der Waals surface area contributed by atoms with Gasteiger partial charge in [0.25, 0.3) is 5.56 Å². The van der Waals surface area contributed by atoms with E-state index < -0.39 is 22.9 Å². The summed E-state index contributed by atoms with van der Waals surface area (Å²) in [5.41, 5.74) is 8.46. The molecule has 0 saturated carbocycles. The molecule has 0 spiro atoms. The predicted molar refractivity (Wildman–Crippen MR) is 40.6 cm³/mol. The van der Waals surface area contributed by atoms with Crippen LogP contribution in [-0.2, 0) is 0 Å². The molecule has 0 aliphatic heterocycles. The van der Waals surface area contributed by atoms with Gasteiger partial charge in [-0.1, -0.05) is 0 Å². The van der Waals surface area contributed by atoms with E-state index in [9.17, 15) is 9.59 Å². The van der Waals surface area contributed by atoms with E-state index in [-0.39, 0.29) is 5.95 Å². The summed E-state index contributed by atoms with van der Waals surface area (Å²) in [4.78, 5) is 26.6. The van der Waals surface area contributed by atoms with Crippen LogP contribution in [-0.4, -0.2) is 21.0 Å². The van der Waals surface area contributed by atoms with Crippen LogP contribution in [0.2, 0.25) is 0 Å². The van der Waals surface area contributed by atoms with Crippen molar-refractivity contribution in [3.8, 4) is 0 Å². The molecule has 64 valence electrons. The molecule has 0 amide bonds. The Morgan fingerprint density at radius 3 is 2.58 bits per heavy atom. The maximum atomic E-state index is 10.8. The quantitative estimate of drug-likeness (QED) is 0.410. The number of anilines is 2. The van der Waals surface area contributed by atoms with Gasteiger partial charge in [-0.2, -0.15) is 0 Å². The van der Waals surface area contributed by atoms with Gasteiger partial charge in [0.05, 0.1) is 0 Å². The number of carboxylic acid groups (broad SMARTS) is 1. The number of aromatic amines is 1. The minimum atomic E-state index is -1.38. The molecule has 0 aromatic carbocycles. The third-order valence-electron chi connectivity index (χ3n) is 1.18. The number of aromatic nitrogens is 2. The van der Waals surface area contributed by atoms with E-state index in [2.05, 4.69) is 9.97 Å². The molecular formula is C5H6N4O3. The van der Waals surface area contributed by atoms with Crippen LogP contribution < -0.4 is 17.0 Å². The van der Waals surface area contributed by atoms with E-state index in [1.165, 1.54) is 0 Å². The maximum absolute atomic E-state index is 10.8. The normalized spacial score (nSPS) is 9.67. The summed E-state index contributed by atoms with van der Waals surface area (Å²) in [5.74, 6) is -1.66. The number of carboxylic acids is 1. The smallest absolute Gasteiger partial charge is 0.357 e. The molecule has 7 nitrogen and oxygen atoms in total. The zero-order valence-electron chi connectivity index (χ0n) is 5.87. The van der Waals surface area contributed by atoms with Crippen LogP contribution in [0.15, 0.2) is 4.79 Å². The molecule has 1 heterocycles. The van der Waals surface area contributed by atoms with Gasteiger partial charge in [0.15, 0.2) is 5.69 Å². The lowest BCUT2D eigenvalue weighted by Crippen LogP contribution is -2.20. The molecular weight excluding hydrogens is 164 g/mol. The minimum Gasteiger partial charge on any atom is -0.476 e. The number of nitrogen functional groups attached to an aromatic ring is 2. The summed E-state index contributed by atoms with van der Waals surface area (Å²) in [5, 5.41) is 8.46. The van der Waals surface area contributed by atoms with E-state index in [4.69, 9.17) is 16.6 Å². The number of nitrogens with zero attached hydrogens (tertiary/aromatic N) is 1. The first-order chi connectivity index (χ1) is 5.52. The molecule has 0 bridgehead atoms. The van der Waals surface area contributed by atoms with E-state index >= 15 is 0 Å².